The van der Waals surface area contributed by atoms with Gasteiger partial charge in [-0.2, -0.15) is 0 Å². The molecular weight excluding hydrogens is 218 g/mol. The van der Waals surface area contributed by atoms with Crippen molar-refractivity contribution in [2.75, 3.05) is 13.1 Å². The molecule has 1 saturated heterocycles. The monoisotopic (exact) mass is 241 g/mol. The molecule has 1 heterocycles. The number of hydrogen-bond acceptors (Lipinski definition) is 2. The van der Waals surface area contributed by atoms with Crippen molar-refractivity contribution in [3.8, 4) is 0 Å². The van der Waals surface area contributed by atoms with Crippen LogP contribution in [0.3, 0.4) is 0 Å². The fourth-order valence-corrected chi connectivity index (χ4v) is 2.66. The van der Waals surface area contributed by atoms with Gasteiger partial charge in [-0.15, -0.1) is 0 Å². The number of hydrogen-bond donors (Lipinski definition) is 1. The highest BCUT2D eigenvalue weighted by Crippen LogP contribution is 2.22. The van der Waals surface area contributed by atoms with Crippen LogP contribution in [0.2, 0.25) is 0 Å². The summed E-state index contributed by atoms with van der Waals surface area (Å²) in [5, 5.41) is 8.67. The van der Waals surface area contributed by atoms with Gasteiger partial charge in [0.15, 0.2) is 0 Å². The van der Waals surface area contributed by atoms with Crippen molar-refractivity contribution in [3.05, 3.63) is 0 Å². The van der Waals surface area contributed by atoms with Crippen molar-refractivity contribution >= 4 is 11.9 Å². The van der Waals surface area contributed by atoms with Gasteiger partial charge >= 0.3 is 5.97 Å². The first-order valence-corrected chi connectivity index (χ1v) is 6.38. The fourth-order valence-electron chi connectivity index (χ4n) is 2.66. The second-order valence-electron chi connectivity index (χ2n) is 5.65. The second kappa shape index (κ2) is 6.03. The van der Waals surface area contributed by atoms with Gasteiger partial charge in [0.1, 0.15) is 0 Å². The number of carboxylic acid groups (broad SMARTS) is 1. The van der Waals surface area contributed by atoms with Crippen LogP contribution in [0, 0.1) is 17.8 Å². The third-order valence-corrected chi connectivity index (χ3v) is 3.27. The van der Waals surface area contributed by atoms with E-state index in [0.717, 1.165) is 13.1 Å². The Morgan fingerprint density at radius 2 is 1.76 bits per heavy atom. The molecule has 0 aliphatic carbocycles. The standard InChI is InChI=1S/C13H23NO3/c1-9(6-13(16)17)5-12(15)14-7-10(2)4-11(3)8-14/h9-11H,4-8H2,1-3H3,(H,16,17)/t9-,10-,11+/m0/s1. The van der Waals surface area contributed by atoms with Gasteiger partial charge in [-0.25, -0.2) is 0 Å². The maximum Gasteiger partial charge on any atom is 0.303 e. The number of carbonyl (C=O) groups excluding carboxylic acids is 1. The molecule has 1 amide bonds. The van der Waals surface area contributed by atoms with E-state index in [9.17, 15) is 9.59 Å². The smallest absolute Gasteiger partial charge is 0.303 e. The van der Waals surface area contributed by atoms with Gasteiger partial charge < -0.3 is 10.0 Å². The molecule has 0 radical (unpaired) electrons. The lowest BCUT2D eigenvalue weighted by atomic mass is 9.91. The summed E-state index contributed by atoms with van der Waals surface area (Å²) in [6, 6.07) is 0. The Morgan fingerprint density at radius 1 is 1.24 bits per heavy atom. The van der Waals surface area contributed by atoms with Crippen molar-refractivity contribution in [2.24, 2.45) is 17.8 Å². The summed E-state index contributed by atoms with van der Waals surface area (Å²) in [7, 11) is 0. The van der Waals surface area contributed by atoms with E-state index in [1.54, 1.807) is 0 Å². The first-order chi connectivity index (χ1) is 7.88. The molecule has 1 N–H and O–H groups in total. The molecule has 0 bridgehead atoms. The van der Waals surface area contributed by atoms with E-state index in [4.69, 9.17) is 5.11 Å². The lowest BCUT2D eigenvalue weighted by Gasteiger charge is -2.35. The first kappa shape index (κ1) is 14.0. The number of rotatable bonds is 4. The Hall–Kier alpha value is -1.06. The average Bonchev–Trinajstić information content (AvgIpc) is 2.14. The Kier molecular flexibility index (Phi) is 4.97. The molecule has 1 aliphatic rings. The topological polar surface area (TPSA) is 57.6 Å². The maximum atomic E-state index is 12.0. The van der Waals surface area contributed by atoms with Crippen molar-refractivity contribution < 1.29 is 14.7 Å². The van der Waals surface area contributed by atoms with E-state index in [0.29, 0.717) is 18.3 Å². The molecule has 0 aromatic heterocycles. The minimum Gasteiger partial charge on any atom is -0.481 e. The van der Waals surface area contributed by atoms with Gasteiger partial charge in [-0.1, -0.05) is 20.8 Å². The lowest BCUT2D eigenvalue weighted by Crippen LogP contribution is -2.43. The average molecular weight is 241 g/mol. The summed E-state index contributed by atoms with van der Waals surface area (Å²) in [6.07, 6.45) is 1.60. The minimum atomic E-state index is -0.828. The Labute approximate surface area is 103 Å². The van der Waals surface area contributed by atoms with Gasteiger partial charge in [-0.05, 0) is 24.2 Å². The number of amides is 1. The number of carboxylic acids is 1. The van der Waals surface area contributed by atoms with E-state index in [2.05, 4.69) is 13.8 Å². The quantitative estimate of drug-likeness (QED) is 0.819. The number of likely N-dealkylation sites (tertiary alicyclic amines) is 1. The van der Waals surface area contributed by atoms with Crippen molar-refractivity contribution in [3.63, 3.8) is 0 Å². The third-order valence-electron chi connectivity index (χ3n) is 3.27. The molecule has 1 rings (SSSR count). The van der Waals surface area contributed by atoms with Crippen LogP contribution in [-0.2, 0) is 9.59 Å². The Balaban J connectivity index is 2.43. The van der Waals surface area contributed by atoms with Gasteiger partial charge in [0.2, 0.25) is 5.91 Å². The molecule has 0 spiro atoms. The largest absolute Gasteiger partial charge is 0.481 e. The summed E-state index contributed by atoms with van der Waals surface area (Å²) in [4.78, 5) is 24.5. The van der Waals surface area contributed by atoms with Crippen LogP contribution in [0.4, 0.5) is 0 Å². The molecular formula is C13H23NO3. The van der Waals surface area contributed by atoms with Crippen LogP contribution in [0.25, 0.3) is 0 Å². The molecule has 1 aliphatic heterocycles. The Morgan fingerprint density at radius 3 is 2.24 bits per heavy atom. The van der Waals surface area contributed by atoms with Crippen molar-refractivity contribution in [1.82, 2.24) is 4.90 Å². The summed E-state index contributed by atoms with van der Waals surface area (Å²) in [5.41, 5.74) is 0. The van der Waals surface area contributed by atoms with E-state index >= 15 is 0 Å². The van der Waals surface area contributed by atoms with Gasteiger partial charge in [0.25, 0.3) is 0 Å². The lowest BCUT2D eigenvalue weighted by molar-refractivity contribution is -0.139. The summed E-state index contributed by atoms with van der Waals surface area (Å²) in [6.45, 7) is 7.79. The SMILES string of the molecule is C[C@H](CC(=O)O)CC(=O)N1C[C@H](C)C[C@H](C)C1. The first-order valence-electron chi connectivity index (χ1n) is 6.38. The van der Waals surface area contributed by atoms with Crippen molar-refractivity contribution in [1.29, 1.82) is 0 Å². The van der Waals surface area contributed by atoms with Gasteiger partial charge in [-0.3, -0.25) is 9.59 Å². The zero-order chi connectivity index (χ0) is 13.0. The highest BCUT2D eigenvalue weighted by atomic mass is 16.4. The summed E-state index contributed by atoms with van der Waals surface area (Å²) >= 11 is 0. The number of aliphatic carboxylic acids is 1. The highest BCUT2D eigenvalue weighted by molar-refractivity contribution is 5.77. The third kappa shape index (κ3) is 4.75. The number of nitrogens with zero attached hydrogens (tertiary/aromatic N) is 1. The predicted molar refractivity (Wildman–Crippen MR) is 65.6 cm³/mol. The number of carbonyl (C=O) groups is 2. The number of piperidine rings is 1. The summed E-state index contributed by atoms with van der Waals surface area (Å²) in [5.74, 6) is 0.310. The summed E-state index contributed by atoms with van der Waals surface area (Å²) < 4.78 is 0. The highest BCUT2D eigenvalue weighted by Gasteiger charge is 2.26. The van der Waals surface area contributed by atoms with E-state index in [1.807, 2.05) is 11.8 Å². The van der Waals surface area contributed by atoms with Gasteiger partial charge in [0.05, 0.1) is 0 Å². The van der Waals surface area contributed by atoms with E-state index in [1.165, 1.54) is 6.42 Å². The molecule has 4 heteroatoms. The van der Waals surface area contributed by atoms with Crippen LogP contribution in [-0.4, -0.2) is 35.0 Å². The van der Waals surface area contributed by atoms with Crippen LogP contribution < -0.4 is 0 Å². The van der Waals surface area contributed by atoms with E-state index in [-0.39, 0.29) is 18.2 Å². The molecule has 0 unspecified atom stereocenters. The van der Waals surface area contributed by atoms with E-state index < -0.39 is 5.97 Å². The van der Waals surface area contributed by atoms with Gasteiger partial charge in [0, 0.05) is 25.9 Å². The Bertz CT molecular complexity index is 280. The predicted octanol–water partition coefficient (Wildman–Crippen LogP) is 1.99. The zero-order valence-corrected chi connectivity index (χ0v) is 11.0. The second-order valence-corrected chi connectivity index (χ2v) is 5.65. The zero-order valence-electron chi connectivity index (χ0n) is 11.0. The van der Waals surface area contributed by atoms with Crippen LogP contribution in [0.5, 0.6) is 0 Å². The molecule has 98 valence electrons. The molecule has 0 saturated carbocycles. The molecule has 1 fully saturated rings. The molecule has 0 aromatic rings. The minimum absolute atomic E-state index is 0.0741. The van der Waals surface area contributed by atoms with Crippen LogP contribution >= 0.6 is 0 Å². The molecule has 0 aromatic carbocycles. The normalized spacial score (nSPS) is 26.6. The van der Waals surface area contributed by atoms with Crippen LogP contribution in [0.1, 0.15) is 40.0 Å². The molecule has 3 atom stereocenters. The molecule has 17 heavy (non-hydrogen) atoms. The maximum absolute atomic E-state index is 12.0. The molecule has 4 nitrogen and oxygen atoms in total. The van der Waals surface area contributed by atoms with Crippen LogP contribution in [0.15, 0.2) is 0 Å². The fraction of sp³-hybridized carbons (Fsp3) is 0.846. The van der Waals surface area contributed by atoms with Crippen molar-refractivity contribution in [2.45, 2.75) is 40.0 Å².